The van der Waals surface area contributed by atoms with Crippen molar-refractivity contribution in [1.82, 2.24) is 0 Å². The Labute approximate surface area is 153 Å². The average Bonchev–Trinajstić information content (AvgIpc) is 2.81. The first kappa shape index (κ1) is 16.7. The second kappa shape index (κ2) is 6.76. The number of halogens is 1. The van der Waals surface area contributed by atoms with Gasteiger partial charge in [-0.15, -0.1) is 0 Å². The molecule has 2 N–H and O–H groups in total. The van der Waals surface area contributed by atoms with Gasteiger partial charge in [-0.05, 0) is 35.9 Å². The van der Waals surface area contributed by atoms with Crippen LogP contribution >= 0.6 is 35.6 Å². The van der Waals surface area contributed by atoms with Crippen LogP contribution in [-0.2, 0) is 4.79 Å². The first-order chi connectivity index (χ1) is 11.5. The minimum atomic E-state index is -0.613. The highest BCUT2D eigenvalue weighted by Gasteiger charge is 2.35. The van der Waals surface area contributed by atoms with E-state index in [-0.39, 0.29) is 11.5 Å². The van der Waals surface area contributed by atoms with E-state index in [0.717, 1.165) is 5.56 Å². The third-order valence-corrected chi connectivity index (χ3v) is 4.89. The van der Waals surface area contributed by atoms with Crippen molar-refractivity contribution in [2.45, 2.75) is 0 Å². The summed E-state index contributed by atoms with van der Waals surface area (Å²) in [5.74, 6) is -0.905. The number of thiocarbonyl (C=S) groups is 1. The highest BCUT2D eigenvalue weighted by molar-refractivity contribution is 8.27. The Balaban J connectivity index is 2.00. The van der Waals surface area contributed by atoms with E-state index in [9.17, 15) is 9.59 Å². The molecule has 120 valence electrons. The van der Waals surface area contributed by atoms with Crippen molar-refractivity contribution < 1.29 is 9.59 Å². The van der Waals surface area contributed by atoms with Gasteiger partial charge >= 0.3 is 0 Å². The summed E-state index contributed by atoms with van der Waals surface area (Å²) in [5, 5.41) is 0.582. The quantitative estimate of drug-likeness (QED) is 0.654. The summed E-state index contributed by atoms with van der Waals surface area (Å²) >= 11 is 12.5. The zero-order valence-corrected chi connectivity index (χ0v) is 14.6. The zero-order valence-electron chi connectivity index (χ0n) is 12.2. The summed E-state index contributed by atoms with van der Waals surface area (Å²) in [4.78, 5) is 26.1. The summed E-state index contributed by atoms with van der Waals surface area (Å²) in [6, 6.07) is 13.8. The van der Waals surface area contributed by atoms with Gasteiger partial charge in [0.25, 0.3) is 11.8 Å². The average molecular weight is 375 g/mol. The van der Waals surface area contributed by atoms with Crippen LogP contribution in [0.2, 0.25) is 5.02 Å². The molecule has 2 amide bonds. The Bertz CT molecular complexity index is 896. The number of para-hydroxylation sites is 1. The molecule has 0 unspecified atom stereocenters. The topological polar surface area (TPSA) is 63.4 Å². The monoisotopic (exact) mass is 374 g/mol. The van der Waals surface area contributed by atoms with Gasteiger partial charge in [-0.25, -0.2) is 0 Å². The smallest absolute Gasteiger partial charge is 0.270 e. The molecule has 0 aliphatic carbocycles. The Morgan fingerprint density at radius 2 is 1.96 bits per heavy atom. The molecule has 1 aliphatic heterocycles. The number of rotatable bonds is 3. The van der Waals surface area contributed by atoms with Crippen molar-refractivity contribution >= 4 is 63.5 Å². The highest BCUT2D eigenvalue weighted by atomic mass is 35.5. The van der Waals surface area contributed by atoms with Crippen LogP contribution in [0.1, 0.15) is 15.9 Å². The van der Waals surface area contributed by atoms with Crippen LogP contribution in [0.5, 0.6) is 0 Å². The molecule has 0 bridgehead atoms. The summed E-state index contributed by atoms with van der Waals surface area (Å²) in [5.41, 5.74) is 6.83. The van der Waals surface area contributed by atoms with Crippen molar-refractivity contribution in [2.24, 2.45) is 5.73 Å². The van der Waals surface area contributed by atoms with Crippen molar-refractivity contribution in [3.8, 4) is 0 Å². The number of carbonyl (C=O) groups is 2. The van der Waals surface area contributed by atoms with Crippen molar-refractivity contribution in [3.63, 3.8) is 0 Å². The molecule has 4 nitrogen and oxygen atoms in total. The number of nitrogens with zero attached hydrogens (tertiary/aromatic N) is 1. The second-order valence-corrected chi connectivity index (χ2v) is 7.07. The number of benzene rings is 2. The number of amides is 2. The number of thioether (sulfide) groups is 1. The third-order valence-electron chi connectivity index (χ3n) is 3.35. The molecule has 1 aliphatic rings. The van der Waals surface area contributed by atoms with Gasteiger partial charge in [-0.1, -0.05) is 59.8 Å². The molecule has 0 atom stereocenters. The Hall–Kier alpha value is -2.15. The fourth-order valence-electron chi connectivity index (χ4n) is 2.30. The summed E-state index contributed by atoms with van der Waals surface area (Å²) < 4.78 is 0.349. The van der Waals surface area contributed by atoms with E-state index >= 15 is 0 Å². The van der Waals surface area contributed by atoms with E-state index in [0.29, 0.717) is 19.9 Å². The van der Waals surface area contributed by atoms with Gasteiger partial charge in [0.1, 0.15) is 0 Å². The van der Waals surface area contributed by atoms with Crippen LogP contribution < -0.4 is 10.6 Å². The standard InChI is InChI=1S/C17H11ClN2O2S2/c18-11-5-3-4-10(8-11)9-14-16(22)20(17(23)24-14)13-7-2-1-6-12(13)15(19)21/h1-9H,(H2,19,21)/b14-9-. The van der Waals surface area contributed by atoms with E-state index in [1.807, 2.05) is 6.07 Å². The van der Waals surface area contributed by atoms with Crippen molar-refractivity contribution in [3.05, 3.63) is 69.6 Å². The molecule has 24 heavy (non-hydrogen) atoms. The van der Waals surface area contributed by atoms with Gasteiger partial charge in [0.15, 0.2) is 4.32 Å². The number of hydrogen-bond donors (Lipinski definition) is 1. The molecule has 0 aromatic heterocycles. The Morgan fingerprint density at radius 3 is 2.67 bits per heavy atom. The van der Waals surface area contributed by atoms with E-state index < -0.39 is 5.91 Å². The molecular formula is C17H11ClN2O2S2. The highest BCUT2D eigenvalue weighted by Crippen LogP contribution is 2.37. The molecule has 0 saturated carbocycles. The number of carbonyl (C=O) groups excluding carboxylic acids is 2. The van der Waals surface area contributed by atoms with E-state index in [4.69, 9.17) is 29.6 Å². The molecule has 0 spiro atoms. The molecule has 0 radical (unpaired) electrons. The lowest BCUT2D eigenvalue weighted by molar-refractivity contribution is -0.113. The largest absolute Gasteiger partial charge is 0.366 e. The van der Waals surface area contributed by atoms with Crippen LogP contribution in [0.3, 0.4) is 0 Å². The molecule has 2 aromatic rings. The normalized spacial score (nSPS) is 16.0. The van der Waals surface area contributed by atoms with Crippen molar-refractivity contribution in [1.29, 1.82) is 0 Å². The van der Waals surface area contributed by atoms with Gasteiger partial charge in [-0.2, -0.15) is 0 Å². The Morgan fingerprint density at radius 1 is 1.21 bits per heavy atom. The van der Waals surface area contributed by atoms with Crippen LogP contribution in [0.4, 0.5) is 5.69 Å². The van der Waals surface area contributed by atoms with E-state index in [1.54, 1.807) is 48.5 Å². The number of nitrogens with two attached hydrogens (primary N) is 1. The maximum Gasteiger partial charge on any atom is 0.270 e. The van der Waals surface area contributed by atoms with Crippen LogP contribution in [0.15, 0.2) is 53.4 Å². The van der Waals surface area contributed by atoms with Crippen LogP contribution in [0, 0.1) is 0 Å². The lowest BCUT2D eigenvalue weighted by Crippen LogP contribution is -2.30. The third kappa shape index (κ3) is 3.21. The lowest BCUT2D eigenvalue weighted by Gasteiger charge is -2.17. The molecule has 2 aromatic carbocycles. The van der Waals surface area contributed by atoms with Gasteiger partial charge in [0.2, 0.25) is 0 Å². The first-order valence-corrected chi connectivity index (χ1v) is 8.50. The van der Waals surface area contributed by atoms with Crippen LogP contribution in [-0.4, -0.2) is 16.1 Å². The minimum absolute atomic E-state index is 0.248. The second-order valence-electron chi connectivity index (χ2n) is 4.95. The number of anilines is 1. The van der Waals surface area contributed by atoms with Gasteiger partial charge in [0.05, 0.1) is 16.2 Å². The van der Waals surface area contributed by atoms with Gasteiger partial charge in [-0.3, -0.25) is 14.5 Å². The van der Waals surface area contributed by atoms with Crippen molar-refractivity contribution in [2.75, 3.05) is 4.90 Å². The fraction of sp³-hybridized carbons (Fsp3) is 0. The number of hydrogen-bond acceptors (Lipinski definition) is 4. The SMILES string of the molecule is NC(=O)c1ccccc1N1C(=O)/C(=C/c2cccc(Cl)c2)SC1=S. The van der Waals surface area contributed by atoms with Crippen LogP contribution in [0.25, 0.3) is 6.08 Å². The maximum absolute atomic E-state index is 12.7. The van der Waals surface area contributed by atoms with E-state index in [1.165, 1.54) is 16.7 Å². The molecule has 1 heterocycles. The first-order valence-electron chi connectivity index (χ1n) is 6.90. The zero-order chi connectivity index (χ0) is 17.3. The summed E-state index contributed by atoms with van der Waals surface area (Å²) in [6.07, 6.45) is 1.72. The summed E-state index contributed by atoms with van der Waals surface area (Å²) in [7, 11) is 0. The maximum atomic E-state index is 12.7. The fourth-order valence-corrected chi connectivity index (χ4v) is 3.78. The lowest BCUT2D eigenvalue weighted by atomic mass is 10.1. The molecule has 1 saturated heterocycles. The predicted molar refractivity (Wildman–Crippen MR) is 102 cm³/mol. The number of primary amides is 1. The molecule has 3 rings (SSSR count). The summed E-state index contributed by atoms with van der Waals surface area (Å²) in [6.45, 7) is 0. The molecular weight excluding hydrogens is 364 g/mol. The van der Waals surface area contributed by atoms with Gasteiger partial charge in [0, 0.05) is 5.02 Å². The Kier molecular flexibility index (Phi) is 4.71. The molecule has 1 fully saturated rings. The van der Waals surface area contributed by atoms with E-state index in [2.05, 4.69) is 0 Å². The minimum Gasteiger partial charge on any atom is -0.366 e. The van der Waals surface area contributed by atoms with Gasteiger partial charge < -0.3 is 5.73 Å². The molecule has 7 heteroatoms. The predicted octanol–water partition coefficient (Wildman–Crippen LogP) is 3.84.